The zero-order chi connectivity index (χ0) is 32.5. The van der Waals surface area contributed by atoms with E-state index in [0.29, 0.717) is 39.3 Å². The van der Waals surface area contributed by atoms with Gasteiger partial charge in [-0.05, 0) is 25.7 Å². The molecule has 0 atom stereocenters. The molecule has 0 spiro atoms. The lowest BCUT2D eigenvalue weighted by atomic mass is 9.83. The highest BCUT2D eigenvalue weighted by Gasteiger charge is 2.52. The van der Waals surface area contributed by atoms with Crippen LogP contribution in [0.15, 0.2) is 0 Å². The molecule has 0 radical (unpaired) electrons. The van der Waals surface area contributed by atoms with Crippen molar-refractivity contribution in [2.45, 2.75) is 187 Å². The number of halogens is 1. The van der Waals surface area contributed by atoms with Crippen LogP contribution in [0.1, 0.15) is 181 Å². The first-order valence-electron chi connectivity index (χ1n) is 19.7. The van der Waals surface area contributed by atoms with Gasteiger partial charge in [0.2, 0.25) is 0 Å². The van der Waals surface area contributed by atoms with Gasteiger partial charge in [0.1, 0.15) is 13.2 Å². The van der Waals surface area contributed by atoms with Crippen LogP contribution in [0.25, 0.3) is 0 Å². The Labute approximate surface area is 302 Å². The van der Waals surface area contributed by atoms with Crippen LogP contribution in [0.3, 0.4) is 0 Å². The number of fused-ring (bicyclic) bond motifs is 3. The van der Waals surface area contributed by atoms with Crippen molar-refractivity contribution in [3.05, 3.63) is 0 Å². The van der Waals surface area contributed by atoms with Crippen LogP contribution in [0.2, 0.25) is 0 Å². The molecule has 46 heavy (non-hydrogen) atoms. The number of carbonyl (C=O) groups excluding carboxylic acids is 1. The number of quaternary nitrogens is 1. The van der Waals surface area contributed by atoms with Crippen LogP contribution in [0.4, 0.5) is 0 Å². The van der Waals surface area contributed by atoms with Crippen LogP contribution in [-0.4, -0.2) is 70.0 Å². The summed E-state index contributed by atoms with van der Waals surface area (Å²) in [5.74, 6) is -0.961. The van der Waals surface area contributed by atoms with Gasteiger partial charge >= 0.3 is 5.97 Å². The summed E-state index contributed by atoms with van der Waals surface area (Å²) >= 11 is 0. The molecule has 0 unspecified atom stereocenters. The van der Waals surface area contributed by atoms with E-state index in [-0.39, 0.29) is 35.4 Å². The van der Waals surface area contributed by atoms with E-state index < -0.39 is 5.97 Å². The standard InChI is InChI=1S/C39H76NO5.HI/c1-5-7-9-11-13-15-17-19-21-23-25-27-31-40(3,4)32-33-42-37(41)28-30-38-34-43-39(44-35-38,45-36-38)29-26-24-22-20-18-16-14-12-10-8-6-2;/h5-36H2,1-4H3;1H/q+1;/p-1. The summed E-state index contributed by atoms with van der Waals surface area (Å²) in [7, 11) is 4.51. The number of unbranched alkanes of at least 4 members (excludes halogenated alkanes) is 21. The quantitative estimate of drug-likeness (QED) is 0.0317. The fraction of sp³-hybridized carbons (Fsp3) is 0.974. The summed E-state index contributed by atoms with van der Waals surface area (Å²) in [6.45, 7) is 8.90. The molecule has 3 aliphatic heterocycles. The van der Waals surface area contributed by atoms with E-state index in [0.717, 1.165) is 30.4 Å². The number of rotatable bonds is 31. The first kappa shape index (κ1) is 44.1. The van der Waals surface area contributed by atoms with Gasteiger partial charge in [-0.1, -0.05) is 142 Å². The molecule has 3 saturated heterocycles. The molecule has 0 aromatic rings. The number of ether oxygens (including phenoxy) is 4. The lowest BCUT2D eigenvalue weighted by molar-refractivity contribution is -0.890. The second kappa shape index (κ2) is 26.8. The van der Waals surface area contributed by atoms with Gasteiger partial charge in [-0.25, -0.2) is 0 Å². The van der Waals surface area contributed by atoms with Gasteiger partial charge in [-0.3, -0.25) is 4.79 Å². The lowest BCUT2D eigenvalue weighted by Crippen LogP contribution is -3.00. The molecule has 7 heteroatoms. The minimum atomic E-state index is -0.849. The second-order valence-electron chi connectivity index (χ2n) is 15.3. The molecule has 3 aliphatic rings. The zero-order valence-electron chi connectivity index (χ0n) is 31.0. The Balaban J connectivity index is 0.0000106. The first-order chi connectivity index (χ1) is 21.8. The molecule has 0 saturated carbocycles. The Hall–Kier alpha value is 0.0400. The molecule has 0 aromatic heterocycles. The van der Waals surface area contributed by atoms with Crippen LogP contribution in [0, 0.1) is 5.41 Å². The Morgan fingerprint density at radius 3 is 1.39 bits per heavy atom. The maximum absolute atomic E-state index is 12.6. The average molecular weight is 766 g/mol. The summed E-state index contributed by atoms with van der Waals surface area (Å²) in [4.78, 5) is 12.6. The minimum absolute atomic E-state index is 0. The van der Waals surface area contributed by atoms with Crippen LogP contribution in [0.5, 0.6) is 0 Å². The zero-order valence-corrected chi connectivity index (χ0v) is 33.2. The summed E-state index contributed by atoms with van der Waals surface area (Å²) in [6.07, 6.45) is 33.0. The van der Waals surface area contributed by atoms with E-state index >= 15 is 0 Å². The summed E-state index contributed by atoms with van der Waals surface area (Å²) < 4.78 is 24.9. The number of hydrogen-bond acceptors (Lipinski definition) is 5. The van der Waals surface area contributed by atoms with Crippen LogP contribution >= 0.6 is 0 Å². The number of carbonyl (C=O) groups is 1. The molecule has 3 fully saturated rings. The van der Waals surface area contributed by atoms with Gasteiger partial charge in [0.05, 0.1) is 40.5 Å². The fourth-order valence-corrected chi connectivity index (χ4v) is 6.82. The van der Waals surface area contributed by atoms with Crippen molar-refractivity contribution in [3.8, 4) is 0 Å². The summed E-state index contributed by atoms with van der Waals surface area (Å²) in [5, 5.41) is 0. The fourth-order valence-electron chi connectivity index (χ4n) is 6.82. The van der Waals surface area contributed by atoms with Gasteiger partial charge in [0.15, 0.2) is 0 Å². The number of nitrogens with zero attached hydrogens (tertiary/aromatic N) is 1. The maximum Gasteiger partial charge on any atom is 0.306 e. The molecule has 0 N–H and O–H groups in total. The summed E-state index contributed by atoms with van der Waals surface area (Å²) in [6, 6.07) is 0. The van der Waals surface area contributed by atoms with E-state index in [1.807, 2.05) is 0 Å². The molecular weight excluding hydrogens is 689 g/mol. The number of hydrogen-bond donors (Lipinski definition) is 0. The van der Waals surface area contributed by atoms with Crippen molar-refractivity contribution in [2.24, 2.45) is 5.41 Å². The largest absolute Gasteiger partial charge is 1.00 e. The highest BCUT2D eigenvalue weighted by atomic mass is 127. The average Bonchev–Trinajstić information content (AvgIpc) is 3.04. The van der Waals surface area contributed by atoms with E-state index in [1.165, 1.54) is 141 Å². The Morgan fingerprint density at radius 2 is 0.957 bits per heavy atom. The van der Waals surface area contributed by atoms with Gasteiger partial charge in [0, 0.05) is 18.3 Å². The highest BCUT2D eigenvalue weighted by Crippen LogP contribution is 2.43. The van der Waals surface area contributed by atoms with Crippen molar-refractivity contribution < 1.29 is 52.2 Å². The van der Waals surface area contributed by atoms with Crippen molar-refractivity contribution >= 4 is 5.97 Å². The smallest absolute Gasteiger partial charge is 0.306 e. The van der Waals surface area contributed by atoms with Crippen LogP contribution in [-0.2, 0) is 23.7 Å². The van der Waals surface area contributed by atoms with Crippen molar-refractivity contribution in [1.82, 2.24) is 0 Å². The lowest BCUT2D eigenvalue weighted by Gasteiger charge is -2.52. The number of likely N-dealkylation sites (N-methyl/N-ethyl adjacent to an activating group) is 1. The maximum atomic E-state index is 12.6. The van der Waals surface area contributed by atoms with E-state index in [4.69, 9.17) is 18.9 Å². The first-order valence-corrected chi connectivity index (χ1v) is 19.7. The normalized spacial score (nSPS) is 21.0. The Kier molecular flexibility index (Phi) is 25.7. The molecule has 0 aliphatic carbocycles. The van der Waals surface area contributed by atoms with E-state index in [2.05, 4.69) is 27.9 Å². The van der Waals surface area contributed by atoms with Gasteiger partial charge < -0.3 is 47.4 Å². The van der Waals surface area contributed by atoms with E-state index in [9.17, 15) is 4.79 Å². The molecule has 0 aromatic carbocycles. The van der Waals surface area contributed by atoms with Crippen molar-refractivity contribution in [3.63, 3.8) is 0 Å². The topological polar surface area (TPSA) is 54.0 Å². The second-order valence-corrected chi connectivity index (χ2v) is 15.3. The third-order valence-corrected chi connectivity index (χ3v) is 10.3. The predicted octanol–water partition coefficient (Wildman–Crippen LogP) is 7.51. The Morgan fingerprint density at radius 1 is 0.565 bits per heavy atom. The van der Waals surface area contributed by atoms with Gasteiger partial charge in [0.25, 0.3) is 5.97 Å². The molecule has 0 amide bonds. The predicted molar refractivity (Wildman–Crippen MR) is 187 cm³/mol. The molecule has 6 nitrogen and oxygen atoms in total. The molecule has 274 valence electrons. The minimum Gasteiger partial charge on any atom is -1.00 e. The molecule has 3 rings (SSSR count). The van der Waals surface area contributed by atoms with E-state index in [1.54, 1.807) is 0 Å². The third kappa shape index (κ3) is 20.5. The van der Waals surface area contributed by atoms with Crippen molar-refractivity contribution in [1.29, 1.82) is 0 Å². The number of esters is 1. The summed E-state index contributed by atoms with van der Waals surface area (Å²) in [5.41, 5.74) is -0.220. The molecule has 2 bridgehead atoms. The highest BCUT2D eigenvalue weighted by molar-refractivity contribution is 5.69. The monoisotopic (exact) mass is 765 g/mol. The van der Waals surface area contributed by atoms with Gasteiger partial charge in [-0.15, -0.1) is 0 Å². The third-order valence-electron chi connectivity index (χ3n) is 10.3. The van der Waals surface area contributed by atoms with Crippen LogP contribution < -0.4 is 24.0 Å². The van der Waals surface area contributed by atoms with Gasteiger partial charge in [-0.2, -0.15) is 0 Å². The van der Waals surface area contributed by atoms with Crippen molar-refractivity contribution in [2.75, 3.05) is 53.6 Å². The molecule has 3 heterocycles. The SMILES string of the molecule is CCCCCCCCCCCCCC[N+](C)(C)CCOC(=O)CCC12COC(CCCCCCCCCCCCC)(OC1)OC2.[I-]. The molecular formula is C39H76INO5. The Bertz CT molecular complexity index is 709.